The molecule has 0 unspecified atom stereocenters. The Balaban J connectivity index is 4.63. The molecule has 5 N–H and O–H groups in total. The Hall–Kier alpha value is -0.270. The lowest BCUT2D eigenvalue weighted by molar-refractivity contribution is -0.140. The molecule has 0 aliphatic carbocycles. The van der Waals surface area contributed by atoms with Crippen molar-refractivity contribution in [2.75, 3.05) is 7.11 Å². The maximum absolute atomic E-state index is 10.9. The third kappa shape index (κ3) is 4.44. The number of hydrogen-bond acceptors (Lipinski definition) is 5. The largest absolute Gasteiger partial charge is 0.469 e. The molecule has 0 saturated heterocycles. The van der Waals surface area contributed by atoms with Crippen LogP contribution in [-0.2, 0) is 18.7 Å². The Morgan fingerprint density at radius 3 is 1.89 bits per heavy atom. The zero-order valence-corrected chi connectivity index (χ0v) is 11.4. The first-order valence-corrected chi connectivity index (χ1v) is 8.08. The number of carbonyl (C=O) groups excluding carboxylic acids is 1. The minimum Gasteiger partial charge on any atom is -0.469 e. The Morgan fingerprint density at radius 1 is 1.11 bits per heavy atom. The molecule has 0 bridgehead atoms. The van der Waals surface area contributed by atoms with Crippen LogP contribution in [-0.4, -0.2) is 42.8 Å². The van der Waals surface area contributed by atoms with Crippen LogP contribution in [0.2, 0.25) is 0 Å². The van der Waals surface area contributed by atoms with Crippen molar-refractivity contribution >= 4 is 21.2 Å². The highest BCUT2D eigenvalue weighted by molar-refractivity contribution is 7.72. The van der Waals surface area contributed by atoms with Crippen molar-refractivity contribution in [1.29, 1.82) is 0 Å². The normalized spacial score (nSPS) is 13.4. The van der Waals surface area contributed by atoms with Crippen LogP contribution in [0.5, 0.6) is 0 Å². The van der Waals surface area contributed by atoms with Crippen LogP contribution >= 0.6 is 15.2 Å². The zero-order valence-electron chi connectivity index (χ0n) is 9.59. The van der Waals surface area contributed by atoms with E-state index in [2.05, 4.69) is 4.74 Å². The fourth-order valence-electron chi connectivity index (χ4n) is 1.19. The summed E-state index contributed by atoms with van der Waals surface area (Å²) in [5.41, 5.74) is 0. The molecular weight excluding hydrogens is 290 g/mol. The predicted molar refractivity (Wildman–Crippen MR) is 59.5 cm³/mol. The average Bonchev–Trinajstić information content (AvgIpc) is 2.20. The number of methoxy groups -OCH3 is 1. The summed E-state index contributed by atoms with van der Waals surface area (Å²) < 4.78 is 26.2. The van der Waals surface area contributed by atoms with Gasteiger partial charge in [-0.25, -0.2) is 0 Å². The molecule has 0 rings (SSSR count). The van der Waals surface area contributed by atoms with E-state index >= 15 is 0 Å². The zero-order chi connectivity index (χ0) is 14.6. The Bertz CT molecular complexity index is 358. The molecule has 0 aromatic carbocycles. The quantitative estimate of drug-likeness (QED) is 0.242. The van der Waals surface area contributed by atoms with Crippen LogP contribution in [0.3, 0.4) is 0 Å². The van der Waals surface area contributed by atoms with Crippen molar-refractivity contribution in [2.24, 2.45) is 0 Å². The third-order valence-corrected chi connectivity index (χ3v) is 6.18. The molecule has 0 radical (unpaired) electrons. The molecule has 0 amide bonds. The minimum absolute atomic E-state index is 0.0745. The highest BCUT2D eigenvalue weighted by Crippen LogP contribution is 2.69. The van der Waals surface area contributed by atoms with Gasteiger partial charge in [-0.15, -0.1) is 0 Å². The molecule has 9 nitrogen and oxygen atoms in total. The monoisotopic (exact) mass is 306 g/mol. The summed E-state index contributed by atoms with van der Waals surface area (Å²) in [5, 5.41) is 6.06. The molecular formula is C7H16O9P2. The first-order valence-electron chi connectivity index (χ1n) is 4.86. The molecule has 11 heteroatoms. The highest BCUT2D eigenvalue weighted by Gasteiger charge is 2.58. The molecule has 0 aliphatic rings. The second kappa shape index (κ2) is 6.25. The fourth-order valence-corrected chi connectivity index (χ4v) is 3.45. The van der Waals surface area contributed by atoms with E-state index in [1.165, 1.54) is 0 Å². The van der Waals surface area contributed by atoms with Gasteiger partial charge in [0.15, 0.2) is 0 Å². The molecule has 108 valence electrons. The SMILES string of the molecule is COC(=O)CCCCC(O)(P(=O)(O)O)P(=O)(O)O. The molecule has 0 aromatic heterocycles. The van der Waals surface area contributed by atoms with Crippen LogP contribution in [0.4, 0.5) is 0 Å². The van der Waals surface area contributed by atoms with Crippen molar-refractivity contribution in [3.8, 4) is 0 Å². The number of aliphatic hydroxyl groups is 1. The van der Waals surface area contributed by atoms with Gasteiger partial charge in [-0.05, 0) is 19.3 Å². The summed E-state index contributed by atoms with van der Waals surface area (Å²) in [4.78, 5) is 46.0. The van der Waals surface area contributed by atoms with E-state index in [1.807, 2.05) is 0 Å². The van der Waals surface area contributed by atoms with Gasteiger partial charge >= 0.3 is 21.2 Å². The third-order valence-electron chi connectivity index (χ3n) is 2.30. The first kappa shape index (κ1) is 17.7. The van der Waals surface area contributed by atoms with Crippen molar-refractivity contribution < 1.29 is 43.3 Å². The van der Waals surface area contributed by atoms with Crippen LogP contribution in [0, 0.1) is 0 Å². The number of unbranched alkanes of at least 4 members (excludes halogenated alkanes) is 1. The van der Waals surface area contributed by atoms with Gasteiger partial charge in [0.05, 0.1) is 7.11 Å². The molecule has 0 saturated carbocycles. The lowest BCUT2D eigenvalue weighted by Crippen LogP contribution is -2.28. The van der Waals surface area contributed by atoms with Crippen LogP contribution in [0.15, 0.2) is 0 Å². The fraction of sp³-hybridized carbons (Fsp3) is 0.857. The summed E-state index contributed by atoms with van der Waals surface area (Å²) in [7, 11) is -9.65. The van der Waals surface area contributed by atoms with Crippen molar-refractivity contribution in [2.45, 2.75) is 30.8 Å². The van der Waals surface area contributed by atoms with E-state index in [1.54, 1.807) is 0 Å². The molecule has 0 spiro atoms. The van der Waals surface area contributed by atoms with E-state index in [9.17, 15) is 19.0 Å². The molecule has 0 heterocycles. The van der Waals surface area contributed by atoms with E-state index in [-0.39, 0.29) is 19.3 Å². The number of hydrogen-bond donors (Lipinski definition) is 5. The highest BCUT2D eigenvalue weighted by atomic mass is 31.2. The predicted octanol–water partition coefficient (Wildman–Crippen LogP) is -0.279. The molecule has 0 aromatic rings. The lowest BCUT2D eigenvalue weighted by atomic mass is 10.2. The smallest absolute Gasteiger partial charge is 0.369 e. The van der Waals surface area contributed by atoms with Gasteiger partial charge in [-0.2, -0.15) is 0 Å². The Kier molecular flexibility index (Phi) is 6.16. The van der Waals surface area contributed by atoms with E-state index in [4.69, 9.17) is 19.6 Å². The van der Waals surface area contributed by atoms with Gasteiger partial charge in [-0.1, -0.05) is 0 Å². The number of rotatable bonds is 7. The molecule has 0 aliphatic heterocycles. The summed E-state index contributed by atoms with van der Waals surface area (Å²) >= 11 is 0. The number of esters is 1. The summed E-state index contributed by atoms with van der Waals surface area (Å²) in [6.45, 7) is 0. The van der Waals surface area contributed by atoms with Gasteiger partial charge < -0.3 is 29.4 Å². The summed E-state index contributed by atoms with van der Waals surface area (Å²) in [6.07, 6.45) is -0.968. The van der Waals surface area contributed by atoms with Crippen molar-refractivity contribution in [1.82, 2.24) is 0 Å². The van der Waals surface area contributed by atoms with Gasteiger partial charge in [0.2, 0.25) is 0 Å². The molecule has 0 fully saturated rings. The van der Waals surface area contributed by atoms with Crippen molar-refractivity contribution in [3.05, 3.63) is 0 Å². The lowest BCUT2D eigenvalue weighted by Gasteiger charge is -2.29. The van der Waals surface area contributed by atoms with Gasteiger partial charge in [-0.3, -0.25) is 13.9 Å². The second-order valence-electron chi connectivity index (χ2n) is 3.65. The summed E-state index contributed by atoms with van der Waals surface area (Å²) in [5.74, 6) is -0.564. The van der Waals surface area contributed by atoms with Crippen LogP contribution < -0.4 is 0 Å². The van der Waals surface area contributed by atoms with Crippen LogP contribution in [0.1, 0.15) is 25.7 Å². The van der Waals surface area contributed by atoms with Crippen molar-refractivity contribution in [3.63, 3.8) is 0 Å². The number of carbonyl (C=O) groups is 1. The second-order valence-corrected chi connectivity index (χ2v) is 7.65. The number of ether oxygens (including phenoxy) is 1. The topological polar surface area (TPSA) is 162 Å². The molecule has 0 atom stereocenters. The van der Waals surface area contributed by atoms with Gasteiger partial charge in [0.1, 0.15) is 0 Å². The van der Waals surface area contributed by atoms with Gasteiger partial charge in [0.25, 0.3) is 5.08 Å². The molecule has 18 heavy (non-hydrogen) atoms. The Morgan fingerprint density at radius 2 is 1.56 bits per heavy atom. The average molecular weight is 306 g/mol. The maximum atomic E-state index is 10.9. The summed E-state index contributed by atoms with van der Waals surface area (Å²) in [6, 6.07) is 0. The maximum Gasteiger partial charge on any atom is 0.369 e. The van der Waals surface area contributed by atoms with Crippen LogP contribution in [0.25, 0.3) is 0 Å². The minimum atomic E-state index is -5.40. The van der Waals surface area contributed by atoms with E-state index < -0.39 is 32.7 Å². The van der Waals surface area contributed by atoms with Gasteiger partial charge in [0, 0.05) is 6.42 Å². The van der Waals surface area contributed by atoms with E-state index in [0.717, 1.165) is 7.11 Å². The van der Waals surface area contributed by atoms with E-state index in [0.29, 0.717) is 0 Å². The first-order chi connectivity index (χ1) is 7.95. The Labute approximate surface area is 103 Å². The standard InChI is InChI=1S/C7H16O9P2/c1-16-6(8)4-2-3-5-7(9,17(10,11)12)18(13,14)15/h9H,2-5H2,1H3,(H2,10,11,12)(H2,13,14,15).